The van der Waals surface area contributed by atoms with Crippen LogP contribution in [0.1, 0.15) is 22.3 Å². The Morgan fingerprint density at radius 3 is 1.19 bits per heavy atom. The third-order valence-corrected chi connectivity index (χ3v) is 13.1. The van der Waals surface area contributed by atoms with Crippen molar-refractivity contribution in [1.29, 1.82) is 0 Å². The van der Waals surface area contributed by atoms with Crippen molar-refractivity contribution < 1.29 is 4.74 Å². The van der Waals surface area contributed by atoms with Crippen LogP contribution in [0.2, 0.25) is 0 Å². The summed E-state index contributed by atoms with van der Waals surface area (Å²) in [5.74, 6) is 5.04. The average Bonchev–Trinajstić information content (AvgIpc) is 3.72. The van der Waals surface area contributed by atoms with Crippen LogP contribution in [0.3, 0.4) is 0 Å². The van der Waals surface area contributed by atoms with E-state index in [-0.39, 0.29) is 0 Å². The molecule has 1 spiro atoms. The zero-order valence-corrected chi connectivity index (χ0v) is 36.5. The van der Waals surface area contributed by atoms with E-state index in [0.717, 1.165) is 89.4 Å². The van der Waals surface area contributed by atoms with E-state index in [9.17, 15) is 0 Å². The van der Waals surface area contributed by atoms with Gasteiger partial charge in [0.05, 0.1) is 5.41 Å². The molecule has 0 saturated carbocycles. The first-order chi connectivity index (χ1) is 33.7. The lowest BCUT2D eigenvalue weighted by Gasteiger charge is -2.40. The SMILES string of the molecule is c1ccc(-c2cccc(-c3nc(-c4ccccc4)nc(-c4cccc5c4C4(c6ccccc6Oc6ccccc64)c4cccc(-c6nc(-c7ccccc7)nc(-c7ccccc7)n6)c4-5)n3)c2)cc1. The van der Waals surface area contributed by atoms with Crippen LogP contribution in [-0.2, 0) is 5.41 Å². The predicted molar refractivity (Wildman–Crippen MR) is 269 cm³/mol. The van der Waals surface area contributed by atoms with Crippen molar-refractivity contribution in [2.45, 2.75) is 5.41 Å². The molecular weight excluding hydrogens is 833 g/mol. The van der Waals surface area contributed by atoms with Gasteiger partial charge >= 0.3 is 0 Å². The van der Waals surface area contributed by atoms with Crippen molar-refractivity contribution in [2.75, 3.05) is 0 Å². The van der Waals surface area contributed by atoms with Gasteiger partial charge in [-0.1, -0.05) is 212 Å². The zero-order chi connectivity index (χ0) is 45.0. The number of benzene rings is 9. The number of rotatable bonds is 7. The van der Waals surface area contributed by atoms with E-state index < -0.39 is 5.41 Å². The lowest BCUT2D eigenvalue weighted by atomic mass is 9.65. The molecule has 1 aliphatic carbocycles. The van der Waals surface area contributed by atoms with Crippen molar-refractivity contribution in [3.8, 4) is 102 Å². The summed E-state index contributed by atoms with van der Waals surface area (Å²) in [6, 6.07) is 79.0. The number of aromatic nitrogens is 6. The third kappa shape index (κ3) is 6.36. The highest BCUT2D eigenvalue weighted by Crippen LogP contribution is 2.65. The lowest BCUT2D eigenvalue weighted by Crippen LogP contribution is -2.32. The van der Waals surface area contributed by atoms with Crippen LogP contribution >= 0.6 is 0 Å². The molecule has 9 aromatic carbocycles. The molecule has 0 saturated heterocycles. The molecule has 7 heteroatoms. The molecule has 0 radical (unpaired) electrons. The number of fused-ring (bicyclic) bond motifs is 9. The Labute approximate surface area is 393 Å². The first-order valence-electron chi connectivity index (χ1n) is 22.7. The van der Waals surface area contributed by atoms with Crippen LogP contribution in [0.5, 0.6) is 11.5 Å². The van der Waals surface area contributed by atoms with Crippen molar-refractivity contribution in [2.24, 2.45) is 0 Å². The smallest absolute Gasteiger partial charge is 0.164 e. The Hall–Kier alpha value is -9.20. The maximum absolute atomic E-state index is 6.81. The summed E-state index contributed by atoms with van der Waals surface area (Å²) < 4.78 is 6.81. The number of hydrogen-bond donors (Lipinski definition) is 0. The molecule has 1 aliphatic heterocycles. The fourth-order valence-electron chi connectivity index (χ4n) is 10.1. The first kappa shape index (κ1) is 39.2. The second-order valence-corrected chi connectivity index (χ2v) is 17.0. The first-order valence-corrected chi connectivity index (χ1v) is 22.7. The highest BCUT2D eigenvalue weighted by Gasteiger charge is 2.53. The molecule has 0 amide bonds. The van der Waals surface area contributed by atoms with Crippen molar-refractivity contribution in [1.82, 2.24) is 29.9 Å². The third-order valence-electron chi connectivity index (χ3n) is 13.1. The molecule has 7 nitrogen and oxygen atoms in total. The molecule has 68 heavy (non-hydrogen) atoms. The van der Waals surface area contributed by atoms with Gasteiger partial charge in [0.15, 0.2) is 34.9 Å². The molecule has 318 valence electrons. The lowest BCUT2D eigenvalue weighted by molar-refractivity contribution is 0.436. The van der Waals surface area contributed by atoms with Crippen LogP contribution in [0, 0.1) is 0 Å². The Bertz CT molecular complexity index is 3610. The molecule has 2 aromatic heterocycles. The van der Waals surface area contributed by atoms with Gasteiger partial charge in [-0.2, -0.15) is 0 Å². The topological polar surface area (TPSA) is 86.6 Å². The summed E-state index contributed by atoms with van der Waals surface area (Å²) in [4.78, 5) is 31.7. The van der Waals surface area contributed by atoms with Gasteiger partial charge in [-0.05, 0) is 51.6 Å². The highest BCUT2D eigenvalue weighted by molar-refractivity contribution is 5.99. The van der Waals surface area contributed by atoms with Gasteiger partial charge in [-0.25, -0.2) is 29.9 Å². The Morgan fingerprint density at radius 1 is 0.265 bits per heavy atom. The van der Waals surface area contributed by atoms with Gasteiger partial charge in [0, 0.05) is 44.5 Å². The van der Waals surface area contributed by atoms with E-state index in [4.69, 9.17) is 34.6 Å². The minimum Gasteiger partial charge on any atom is -0.457 e. The number of para-hydroxylation sites is 2. The van der Waals surface area contributed by atoms with Gasteiger partial charge in [-0.15, -0.1) is 0 Å². The fourth-order valence-corrected chi connectivity index (χ4v) is 10.1. The predicted octanol–water partition coefficient (Wildman–Crippen LogP) is 14.2. The molecule has 2 aliphatic rings. The van der Waals surface area contributed by atoms with Crippen molar-refractivity contribution >= 4 is 0 Å². The molecule has 11 aromatic rings. The molecular formula is C61H38N6O. The molecule has 3 heterocycles. The second-order valence-electron chi connectivity index (χ2n) is 17.0. The summed E-state index contributed by atoms with van der Waals surface area (Å²) in [5.41, 5.74) is 12.9. The quantitative estimate of drug-likeness (QED) is 0.158. The maximum Gasteiger partial charge on any atom is 0.164 e. The van der Waals surface area contributed by atoms with Crippen LogP contribution < -0.4 is 4.74 Å². The Morgan fingerprint density at radius 2 is 0.632 bits per heavy atom. The largest absolute Gasteiger partial charge is 0.457 e. The number of ether oxygens (including phenoxy) is 1. The molecule has 0 unspecified atom stereocenters. The molecule has 0 fully saturated rings. The fraction of sp³-hybridized carbons (Fsp3) is 0.0164. The van der Waals surface area contributed by atoms with E-state index in [1.807, 2.05) is 97.1 Å². The molecule has 0 atom stereocenters. The highest BCUT2D eigenvalue weighted by atomic mass is 16.5. The minimum atomic E-state index is -0.882. The van der Waals surface area contributed by atoms with Gasteiger partial charge in [0.25, 0.3) is 0 Å². The monoisotopic (exact) mass is 870 g/mol. The van der Waals surface area contributed by atoms with Crippen LogP contribution in [-0.4, -0.2) is 29.9 Å². The number of nitrogens with zero attached hydrogens (tertiary/aromatic N) is 6. The molecule has 13 rings (SSSR count). The Kier molecular flexibility index (Phi) is 9.25. The average molecular weight is 871 g/mol. The van der Waals surface area contributed by atoms with E-state index in [0.29, 0.717) is 34.9 Å². The standard InChI is InChI=1S/C61H38N6O/c1-5-20-39(21-6-1)43-28-17-29-44(38-43)58-63-57(42-26-11-4-12-27-42)66-60(67-58)47-32-18-30-45-53-46(59-64-55(40-22-7-2-8-23-40)62-56(65-59)41-24-9-3-10-25-41)31-19-35-50(53)61(54(45)47)48-33-13-15-36-51(48)68-52-37-16-14-34-49(52)61/h1-38H. The van der Waals surface area contributed by atoms with Crippen molar-refractivity contribution in [3.05, 3.63) is 253 Å². The van der Waals surface area contributed by atoms with Gasteiger partial charge in [-0.3, -0.25) is 0 Å². The van der Waals surface area contributed by atoms with Gasteiger partial charge < -0.3 is 4.74 Å². The van der Waals surface area contributed by atoms with E-state index in [1.165, 1.54) is 0 Å². The van der Waals surface area contributed by atoms with Crippen LogP contribution in [0.4, 0.5) is 0 Å². The number of hydrogen-bond acceptors (Lipinski definition) is 7. The molecule has 0 bridgehead atoms. The minimum absolute atomic E-state index is 0.559. The summed E-state index contributed by atoms with van der Waals surface area (Å²) in [6.45, 7) is 0. The maximum atomic E-state index is 6.81. The van der Waals surface area contributed by atoms with Crippen LogP contribution in [0.25, 0.3) is 90.6 Å². The zero-order valence-electron chi connectivity index (χ0n) is 36.5. The van der Waals surface area contributed by atoms with Crippen LogP contribution in [0.15, 0.2) is 231 Å². The summed E-state index contributed by atoms with van der Waals surface area (Å²) in [6.07, 6.45) is 0. The molecule has 0 N–H and O–H groups in total. The summed E-state index contributed by atoms with van der Waals surface area (Å²) in [5, 5.41) is 0. The van der Waals surface area contributed by atoms with E-state index in [1.54, 1.807) is 0 Å². The van der Waals surface area contributed by atoms with E-state index >= 15 is 0 Å². The summed E-state index contributed by atoms with van der Waals surface area (Å²) in [7, 11) is 0. The van der Waals surface area contributed by atoms with Gasteiger partial charge in [0.1, 0.15) is 11.5 Å². The van der Waals surface area contributed by atoms with Crippen molar-refractivity contribution in [3.63, 3.8) is 0 Å². The Balaban J connectivity index is 1.12. The summed E-state index contributed by atoms with van der Waals surface area (Å²) >= 11 is 0. The van der Waals surface area contributed by atoms with E-state index in [2.05, 4.69) is 133 Å². The second kappa shape index (κ2) is 16.0. The van der Waals surface area contributed by atoms with Gasteiger partial charge in [0.2, 0.25) is 0 Å². The normalized spacial score (nSPS) is 12.6.